The molecular formula is C17H29N3. The lowest BCUT2D eigenvalue weighted by Crippen LogP contribution is -2.58. The Morgan fingerprint density at radius 3 is 2.70 bits per heavy atom. The molecule has 0 aromatic heterocycles. The lowest BCUT2D eigenvalue weighted by Gasteiger charge is -2.44. The van der Waals surface area contributed by atoms with Gasteiger partial charge in [0.1, 0.15) is 0 Å². The van der Waals surface area contributed by atoms with Crippen LogP contribution in [0, 0.1) is 5.92 Å². The number of benzene rings is 1. The van der Waals surface area contributed by atoms with Crippen LogP contribution in [0.15, 0.2) is 24.3 Å². The van der Waals surface area contributed by atoms with Gasteiger partial charge in [-0.15, -0.1) is 0 Å². The predicted molar refractivity (Wildman–Crippen MR) is 88.8 cm³/mol. The average molecular weight is 275 g/mol. The minimum absolute atomic E-state index is 0.579. The zero-order valence-corrected chi connectivity index (χ0v) is 13.6. The van der Waals surface area contributed by atoms with Crippen LogP contribution in [0.5, 0.6) is 0 Å². The molecular weight excluding hydrogens is 246 g/mol. The van der Waals surface area contributed by atoms with Crippen molar-refractivity contribution in [1.82, 2.24) is 5.32 Å². The van der Waals surface area contributed by atoms with E-state index in [1.165, 1.54) is 17.8 Å². The maximum atomic E-state index is 3.69. The van der Waals surface area contributed by atoms with Gasteiger partial charge in [0.05, 0.1) is 0 Å². The second-order valence-corrected chi connectivity index (χ2v) is 6.39. The second-order valence-electron chi connectivity index (χ2n) is 6.39. The molecule has 0 bridgehead atoms. The number of rotatable bonds is 4. The summed E-state index contributed by atoms with van der Waals surface area (Å²) in [7, 11) is 4.21. The van der Waals surface area contributed by atoms with E-state index in [2.05, 4.69) is 74.2 Å². The van der Waals surface area contributed by atoms with Gasteiger partial charge in [0.25, 0.3) is 0 Å². The van der Waals surface area contributed by atoms with Crippen LogP contribution in [0.25, 0.3) is 0 Å². The summed E-state index contributed by atoms with van der Waals surface area (Å²) in [6.45, 7) is 9.10. The molecule has 1 aromatic carbocycles. The lowest BCUT2D eigenvalue weighted by atomic mass is 9.97. The van der Waals surface area contributed by atoms with Crippen molar-refractivity contribution in [2.24, 2.45) is 5.92 Å². The molecule has 112 valence electrons. The Balaban J connectivity index is 2.27. The van der Waals surface area contributed by atoms with Gasteiger partial charge >= 0.3 is 0 Å². The first-order valence-corrected chi connectivity index (χ1v) is 7.80. The van der Waals surface area contributed by atoms with Gasteiger partial charge in [0.15, 0.2) is 0 Å². The van der Waals surface area contributed by atoms with Crippen molar-refractivity contribution in [1.29, 1.82) is 0 Å². The number of hydrogen-bond donors (Lipinski definition) is 1. The summed E-state index contributed by atoms with van der Waals surface area (Å²) in [6, 6.07) is 10.1. The monoisotopic (exact) mass is 275 g/mol. The zero-order chi connectivity index (χ0) is 14.7. The molecule has 20 heavy (non-hydrogen) atoms. The Morgan fingerprint density at radius 2 is 2.10 bits per heavy atom. The molecule has 0 saturated carbocycles. The van der Waals surface area contributed by atoms with Crippen LogP contribution in [-0.4, -0.2) is 39.3 Å². The first kappa shape index (κ1) is 15.2. The van der Waals surface area contributed by atoms with Gasteiger partial charge in [-0.25, -0.2) is 0 Å². The van der Waals surface area contributed by atoms with E-state index < -0.39 is 0 Å². The van der Waals surface area contributed by atoms with Crippen molar-refractivity contribution < 1.29 is 0 Å². The normalized spacial score (nSPS) is 23.2. The predicted octanol–water partition coefficient (Wildman–Crippen LogP) is 2.97. The fraction of sp³-hybridized carbons (Fsp3) is 0.647. The number of nitrogens with one attached hydrogen (secondary N) is 1. The van der Waals surface area contributed by atoms with E-state index in [1.54, 1.807) is 0 Å². The molecule has 0 aliphatic carbocycles. The topological polar surface area (TPSA) is 18.5 Å². The molecule has 0 amide bonds. The third-order valence-corrected chi connectivity index (χ3v) is 4.37. The van der Waals surface area contributed by atoms with Gasteiger partial charge in [-0.05, 0) is 30.5 Å². The lowest BCUT2D eigenvalue weighted by molar-refractivity contribution is 0.333. The molecule has 3 nitrogen and oxygen atoms in total. The zero-order valence-electron chi connectivity index (χ0n) is 13.6. The molecule has 1 N–H and O–H groups in total. The number of nitrogens with zero attached hydrogens (tertiary/aromatic N) is 2. The van der Waals surface area contributed by atoms with Gasteiger partial charge in [0, 0.05) is 50.6 Å². The standard InChI is InChI=1S/C17H29N3/c1-6-14-12-20(17(11-18-14)13(2)3)16-9-7-8-15(10-16)19(4)5/h7-10,13-14,17-18H,6,11-12H2,1-5H3. The fourth-order valence-corrected chi connectivity index (χ4v) is 2.95. The maximum absolute atomic E-state index is 3.69. The molecule has 1 fully saturated rings. The fourth-order valence-electron chi connectivity index (χ4n) is 2.95. The Hall–Kier alpha value is -1.22. The summed E-state index contributed by atoms with van der Waals surface area (Å²) in [5, 5.41) is 3.69. The average Bonchev–Trinajstić information content (AvgIpc) is 2.46. The number of piperazine rings is 1. The van der Waals surface area contributed by atoms with Gasteiger partial charge in [-0.2, -0.15) is 0 Å². The molecule has 1 saturated heterocycles. The third kappa shape index (κ3) is 3.26. The SMILES string of the molecule is CCC1CN(c2cccc(N(C)C)c2)C(C(C)C)CN1. The molecule has 0 radical (unpaired) electrons. The Kier molecular flexibility index (Phi) is 4.92. The first-order valence-electron chi connectivity index (χ1n) is 7.80. The largest absolute Gasteiger partial charge is 0.378 e. The summed E-state index contributed by atoms with van der Waals surface area (Å²) in [6.07, 6.45) is 1.19. The van der Waals surface area contributed by atoms with E-state index in [4.69, 9.17) is 0 Å². The minimum Gasteiger partial charge on any atom is -0.378 e. The van der Waals surface area contributed by atoms with Crippen LogP contribution >= 0.6 is 0 Å². The van der Waals surface area contributed by atoms with Crippen molar-refractivity contribution in [2.45, 2.75) is 39.3 Å². The second kappa shape index (κ2) is 6.49. The van der Waals surface area contributed by atoms with Crippen LogP contribution in [0.4, 0.5) is 11.4 Å². The highest BCUT2D eigenvalue weighted by Gasteiger charge is 2.29. The first-order chi connectivity index (χ1) is 9.52. The van der Waals surface area contributed by atoms with E-state index in [9.17, 15) is 0 Å². The van der Waals surface area contributed by atoms with Crippen molar-refractivity contribution in [3.8, 4) is 0 Å². The molecule has 3 heteroatoms. The summed E-state index contributed by atoms with van der Waals surface area (Å²) < 4.78 is 0. The van der Waals surface area contributed by atoms with Crippen molar-refractivity contribution >= 4 is 11.4 Å². The Labute approximate surface area is 124 Å². The summed E-state index contributed by atoms with van der Waals surface area (Å²) >= 11 is 0. The molecule has 2 unspecified atom stereocenters. The van der Waals surface area contributed by atoms with Crippen molar-refractivity contribution in [2.75, 3.05) is 37.0 Å². The van der Waals surface area contributed by atoms with Crippen molar-refractivity contribution in [3.05, 3.63) is 24.3 Å². The molecule has 2 atom stereocenters. The number of anilines is 2. The molecule has 2 rings (SSSR count). The Bertz CT molecular complexity index is 428. The van der Waals surface area contributed by atoms with E-state index in [0.29, 0.717) is 18.0 Å². The highest BCUT2D eigenvalue weighted by molar-refractivity contribution is 5.59. The summed E-state index contributed by atoms with van der Waals surface area (Å²) in [4.78, 5) is 4.77. The van der Waals surface area contributed by atoms with Gasteiger partial charge in [0.2, 0.25) is 0 Å². The van der Waals surface area contributed by atoms with E-state index >= 15 is 0 Å². The summed E-state index contributed by atoms with van der Waals surface area (Å²) in [5.74, 6) is 0.656. The van der Waals surface area contributed by atoms with Crippen LogP contribution in [0.1, 0.15) is 27.2 Å². The molecule has 1 aliphatic rings. The van der Waals surface area contributed by atoms with Crippen LogP contribution in [0.3, 0.4) is 0 Å². The van der Waals surface area contributed by atoms with Crippen molar-refractivity contribution in [3.63, 3.8) is 0 Å². The minimum atomic E-state index is 0.579. The molecule has 0 spiro atoms. The van der Waals surface area contributed by atoms with Crippen LogP contribution < -0.4 is 15.1 Å². The number of hydrogen-bond acceptors (Lipinski definition) is 3. The van der Waals surface area contributed by atoms with E-state index in [1.807, 2.05) is 0 Å². The summed E-state index contributed by atoms with van der Waals surface area (Å²) in [5.41, 5.74) is 2.63. The molecule has 1 heterocycles. The van der Waals surface area contributed by atoms with Gasteiger partial charge < -0.3 is 15.1 Å². The third-order valence-electron chi connectivity index (χ3n) is 4.37. The van der Waals surface area contributed by atoms with Gasteiger partial charge in [-0.3, -0.25) is 0 Å². The maximum Gasteiger partial charge on any atom is 0.0438 e. The molecule has 1 aromatic rings. The highest BCUT2D eigenvalue weighted by Crippen LogP contribution is 2.27. The smallest absolute Gasteiger partial charge is 0.0438 e. The van der Waals surface area contributed by atoms with Gasteiger partial charge in [-0.1, -0.05) is 26.8 Å². The quantitative estimate of drug-likeness (QED) is 0.911. The van der Waals surface area contributed by atoms with E-state index in [-0.39, 0.29) is 0 Å². The van der Waals surface area contributed by atoms with Crippen LogP contribution in [0.2, 0.25) is 0 Å². The van der Waals surface area contributed by atoms with E-state index in [0.717, 1.165) is 13.1 Å². The molecule has 1 aliphatic heterocycles. The Morgan fingerprint density at radius 1 is 1.35 bits per heavy atom. The van der Waals surface area contributed by atoms with Crippen LogP contribution in [-0.2, 0) is 0 Å². The highest BCUT2D eigenvalue weighted by atomic mass is 15.2.